The first-order valence-corrected chi connectivity index (χ1v) is 9.10. The smallest absolute Gasteiger partial charge is 0.266 e. The van der Waals surface area contributed by atoms with E-state index >= 15 is 0 Å². The molecule has 0 aliphatic carbocycles. The quantitative estimate of drug-likeness (QED) is 0.509. The van der Waals surface area contributed by atoms with Crippen LogP contribution < -0.4 is 0 Å². The average molecular weight is 408 g/mol. The number of hydrogen-bond acceptors (Lipinski definition) is 4. The molecule has 3 nitrogen and oxygen atoms in total. The molecule has 1 aromatic carbocycles. The lowest BCUT2D eigenvalue weighted by atomic mass is 10.2. The molecule has 118 valence electrons. The summed E-state index contributed by atoms with van der Waals surface area (Å²) in [5.41, 5.74) is 0.988. The predicted octanol–water partition coefficient (Wildman–Crippen LogP) is 5.32. The van der Waals surface area contributed by atoms with Crippen LogP contribution in [0.2, 0.25) is 0 Å². The third-order valence-electron chi connectivity index (χ3n) is 3.37. The predicted molar refractivity (Wildman–Crippen MR) is 102 cm³/mol. The molecule has 1 saturated heterocycles. The van der Waals surface area contributed by atoms with Crippen molar-refractivity contribution in [3.8, 4) is 11.3 Å². The van der Waals surface area contributed by atoms with Gasteiger partial charge in [-0.1, -0.05) is 52.0 Å². The van der Waals surface area contributed by atoms with Gasteiger partial charge in [-0.2, -0.15) is 0 Å². The summed E-state index contributed by atoms with van der Waals surface area (Å²) in [4.78, 5) is 14.6. The van der Waals surface area contributed by atoms with Crippen LogP contribution in [0.15, 0.2) is 50.2 Å². The van der Waals surface area contributed by atoms with Crippen molar-refractivity contribution in [2.45, 2.75) is 19.9 Å². The molecule has 1 amide bonds. The number of amides is 1. The fourth-order valence-corrected chi connectivity index (χ4v) is 4.02. The van der Waals surface area contributed by atoms with Crippen LogP contribution in [-0.2, 0) is 4.79 Å². The first kappa shape index (κ1) is 16.5. The Bertz CT molecular complexity index is 793. The SMILES string of the molecule is CC(C)N1C(=O)C(=Cc2ccc(-c3ccc(Br)cc3)o2)SC1=S. The maximum absolute atomic E-state index is 12.4. The second-order valence-corrected chi connectivity index (χ2v) is 7.95. The lowest BCUT2D eigenvalue weighted by Crippen LogP contribution is -2.34. The Morgan fingerprint density at radius 1 is 1.22 bits per heavy atom. The van der Waals surface area contributed by atoms with E-state index in [4.69, 9.17) is 16.6 Å². The molecular formula is C17H14BrNO2S2. The van der Waals surface area contributed by atoms with Crippen LogP contribution in [0.5, 0.6) is 0 Å². The van der Waals surface area contributed by atoms with Crippen molar-refractivity contribution < 1.29 is 9.21 Å². The van der Waals surface area contributed by atoms with Gasteiger partial charge in [0.25, 0.3) is 5.91 Å². The van der Waals surface area contributed by atoms with Crippen molar-refractivity contribution in [2.24, 2.45) is 0 Å². The summed E-state index contributed by atoms with van der Waals surface area (Å²) in [6.45, 7) is 3.90. The molecule has 0 radical (unpaired) electrons. The zero-order valence-electron chi connectivity index (χ0n) is 12.6. The molecule has 1 aromatic heterocycles. The fraction of sp³-hybridized carbons (Fsp3) is 0.176. The molecule has 1 aliphatic rings. The van der Waals surface area contributed by atoms with E-state index in [1.54, 1.807) is 11.0 Å². The number of carbonyl (C=O) groups excluding carboxylic acids is 1. The van der Waals surface area contributed by atoms with E-state index < -0.39 is 0 Å². The van der Waals surface area contributed by atoms with E-state index in [0.29, 0.717) is 15.0 Å². The van der Waals surface area contributed by atoms with Gasteiger partial charge in [-0.3, -0.25) is 9.69 Å². The Labute approximate surface area is 152 Å². The molecule has 0 atom stereocenters. The first-order valence-electron chi connectivity index (χ1n) is 7.08. The van der Waals surface area contributed by atoms with Crippen molar-refractivity contribution in [3.63, 3.8) is 0 Å². The highest BCUT2D eigenvalue weighted by molar-refractivity contribution is 9.10. The third-order valence-corrected chi connectivity index (χ3v) is 5.23. The van der Waals surface area contributed by atoms with Gasteiger partial charge in [-0.15, -0.1) is 0 Å². The van der Waals surface area contributed by atoms with Crippen molar-refractivity contribution in [1.82, 2.24) is 4.90 Å². The molecule has 6 heteroatoms. The van der Waals surface area contributed by atoms with E-state index in [9.17, 15) is 4.79 Å². The summed E-state index contributed by atoms with van der Waals surface area (Å²) in [7, 11) is 0. The summed E-state index contributed by atoms with van der Waals surface area (Å²) in [5.74, 6) is 1.35. The largest absolute Gasteiger partial charge is 0.457 e. The number of hydrogen-bond donors (Lipinski definition) is 0. The highest BCUT2D eigenvalue weighted by atomic mass is 79.9. The van der Waals surface area contributed by atoms with Gasteiger partial charge in [-0.05, 0) is 38.1 Å². The number of furan rings is 1. The van der Waals surface area contributed by atoms with Gasteiger partial charge in [-0.25, -0.2) is 0 Å². The van der Waals surface area contributed by atoms with Crippen LogP contribution in [0.1, 0.15) is 19.6 Å². The van der Waals surface area contributed by atoms with E-state index in [1.807, 2.05) is 50.2 Å². The lowest BCUT2D eigenvalue weighted by Gasteiger charge is -2.18. The maximum Gasteiger partial charge on any atom is 0.266 e. The van der Waals surface area contributed by atoms with Gasteiger partial charge in [0.2, 0.25) is 0 Å². The number of carbonyl (C=O) groups is 1. The molecule has 0 spiro atoms. The van der Waals surface area contributed by atoms with Gasteiger partial charge in [0.1, 0.15) is 15.8 Å². The van der Waals surface area contributed by atoms with Crippen molar-refractivity contribution in [1.29, 1.82) is 0 Å². The Hall–Kier alpha value is -1.37. The minimum absolute atomic E-state index is 0.0586. The fourth-order valence-electron chi connectivity index (χ4n) is 2.25. The average Bonchev–Trinajstić information content (AvgIpc) is 3.05. The molecule has 2 aromatic rings. The molecule has 23 heavy (non-hydrogen) atoms. The monoisotopic (exact) mass is 407 g/mol. The number of thiocarbonyl (C=S) groups is 1. The van der Waals surface area contributed by atoms with Gasteiger partial charge in [0.15, 0.2) is 0 Å². The Morgan fingerprint density at radius 3 is 2.52 bits per heavy atom. The zero-order valence-corrected chi connectivity index (χ0v) is 15.8. The van der Waals surface area contributed by atoms with E-state index in [0.717, 1.165) is 15.8 Å². The first-order chi connectivity index (χ1) is 11.0. The van der Waals surface area contributed by atoms with Crippen LogP contribution in [0.25, 0.3) is 17.4 Å². The molecule has 0 bridgehead atoms. The summed E-state index contributed by atoms with van der Waals surface area (Å²) < 4.78 is 7.44. The maximum atomic E-state index is 12.4. The van der Waals surface area contributed by atoms with Gasteiger partial charge in [0, 0.05) is 22.2 Å². The molecule has 1 fully saturated rings. The molecule has 3 rings (SSSR count). The summed E-state index contributed by atoms with van der Waals surface area (Å²) in [5, 5.41) is 0. The molecule has 0 saturated carbocycles. The highest BCUT2D eigenvalue weighted by Gasteiger charge is 2.33. The minimum atomic E-state index is -0.0587. The second kappa shape index (κ2) is 6.63. The lowest BCUT2D eigenvalue weighted by molar-refractivity contribution is -0.123. The Kier molecular flexibility index (Phi) is 4.75. The number of rotatable bonds is 3. The normalized spacial score (nSPS) is 16.9. The third kappa shape index (κ3) is 3.44. The molecule has 1 aliphatic heterocycles. The van der Waals surface area contributed by atoms with Crippen LogP contribution >= 0.6 is 39.9 Å². The molecule has 0 N–H and O–H groups in total. The van der Waals surface area contributed by atoms with Crippen LogP contribution in [0.3, 0.4) is 0 Å². The highest BCUT2D eigenvalue weighted by Crippen LogP contribution is 2.34. The topological polar surface area (TPSA) is 33.5 Å². The number of nitrogens with zero attached hydrogens (tertiary/aromatic N) is 1. The summed E-state index contributed by atoms with van der Waals surface area (Å²) >= 11 is 10.0. The molecular weight excluding hydrogens is 394 g/mol. The van der Waals surface area contributed by atoms with Gasteiger partial charge < -0.3 is 4.42 Å². The van der Waals surface area contributed by atoms with Crippen molar-refractivity contribution in [3.05, 3.63) is 51.5 Å². The minimum Gasteiger partial charge on any atom is -0.457 e. The number of thioether (sulfide) groups is 1. The number of benzene rings is 1. The second-order valence-electron chi connectivity index (χ2n) is 5.35. The summed E-state index contributed by atoms with van der Waals surface area (Å²) in [6.07, 6.45) is 1.75. The molecule has 0 unspecified atom stereocenters. The standard InChI is InChI=1S/C17H14BrNO2S2/c1-10(2)19-16(20)15(23-17(19)22)9-13-7-8-14(21-13)11-3-5-12(18)6-4-11/h3-10H,1-2H3. The van der Waals surface area contributed by atoms with Crippen LogP contribution in [0.4, 0.5) is 0 Å². The number of halogens is 1. The van der Waals surface area contributed by atoms with Gasteiger partial charge >= 0.3 is 0 Å². The Balaban J connectivity index is 1.85. The van der Waals surface area contributed by atoms with Crippen LogP contribution in [0, 0.1) is 0 Å². The van der Waals surface area contributed by atoms with E-state index in [1.165, 1.54) is 11.8 Å². The Morgan fingerprint density at radius 2 is 1.91 bits per heavy atom. The zero-order chi connectivity index (χ0) is 16.6. The van der Waals surface area contributed by atoms with Crippen LogP contribution in [-0.4, -0.2) is 21.2 Å². The van der Waals surface area contributed by atoms with Crippen molar-refractivity contribution >= 4 is 56.2 Å². The molecule has 2 heterocycles. The van der Waals surface area contributed by atoms with E-state index in [-0.39, 0.29) is 11.9 Å². The van der Waals surface area contributed by atoms with Gasteiger partial charge in [0.05, 0.1) is 4.91 Å². The van der Waals surface area contributed by atoms with E-state index in [2.05, 4.69) is 15.9 Å². The summed E-state index contributed by atoms with van der Waals surface area (Å²) in [6, 6.07) is 11.7. The van der Waals surface area contributed by atoms with Crippen molar-refractivity contribution in [2.75, 3.05) is 0 Å².